The van der Waals surface area contributed by atoms with Crippen molar-refractivity contribution < 1.29 is 4.79 Å². The molecule has 0 bridgehead atoms. The van der Waals surface area contributed by atoms with E-state index in [1.807, 2.05) is 30.4 Å². The van der Waals surface area contributed by atoms with Gasteiger partial charge in [-0.2, -0.15) is 11.8 Å². The van der Waals surface area contributed by atoms with E-state index in [2.05, 4.69) is 17.2 Å². The van der Waals surface area contributed by atoms with Crippen LogP contribution >= 0.6 is 23.5 Å². The van der Waals surface area contributed by atoms with Crippen LogP contribution in [0, 0.1) is 0 Å². The van der Waals surface area contributed by atoms with Crippen molar-refractivity contribution in [2.45, 2.75) is 30.4 Å². The number of rotatable bonds is 1. The topological polar surface area (TPSA) is 41.5 Å². The van der Waals surface area contributed by atoms with Crippen LogP contribution in [-0.4, -0.2) is 39.8 Å². The van der Waals surface area contributed by atoms with Crippen LogP contribution in [0.3, 0.4) is 0 Å². The van der Waals surface area contributed by atoms with Gasteiger partial charge in [-0.1, -0.05) is 6.92 Å². The average Bonchev–Trinajstić information content (AvgIpc) is 2.48. The van der Waals surface area contributed by atoms with Crippen molar-refractivity contribution in [2.24, 2.45) is 4.99 Å². The van der Waals surface area contributed by atoms with Crippen molar-refractivity contribution in [2.75, 3.05) is 11.5 Å². The standard InChI is InChI=1S/C9H14N2OS2/c1-5-9(12)11-8(10-5)7-6(2)13-3-4-14-7/h5-7H,3-4H2,1-2H3,(H,10,11,12). The largest absolute Gasteiger partial charge is 0.312 e. The Morgan fingerprint density at radius 1 is 1.36 bits per heavy atom. The van der Waals surface area contributed by atoms with Crippen LogP contribution in [0.5, 0.6) is 0 Å². The van der Waals surface area contributed by atoms with Crippen LogP contribution in [0.1, 0.15) is 13.8 Å². The molecule has 3 unspecified atom stereocenters. The van der Waals surface area contributed by atoms with E-state index in [1.165, 1.54) is 5.75 Å². The predicted molar refractivity (Wildman–Crippen MR) is 63.2 cm³/mol. The van der Waals surface area contributed by atoms with E-state index in [1.54, 1.807) is 0 Å². The van der Waals surface area contributed by atoms with Gasteiger partial charge in [0, 0.05) is 16.8 Å². The van der Waals surface area contributed by atoms with E-state index in [4.69, 9.17) is 0 Å². The first-order valence-electron chi connectivity index (χ1n) is 4.80. The number of aliphatic imine (C=N–C) groups is 1. The monoisotopic (exact) mass is 230 g/mol. The normalized spacial score (nSPS) is 38.0. The molecule has 1 N–H and O–H groups in total. The Bertz CT molecular complexity index is 280. The predicted octanol–water partition coefficient (Wildman–Crippen LogP) is 1.14. The highest BCUT2D eigenvalue weighted by Crippen LogP contribution is 2.32. The number of thioether (sulfide) groups is 2. The maximum absolute atomic E-state index is 11.3. The Morgan fingerprint density at radius 3 is 2.64 bits per heavy atom. The zero-order valence-electron chi connectivity index (χ0n) is 8.32. The van der Waals surface area contributed by atoms with Gasteiger partial charge in [0.25, 0.3) is 0 Å². The van der Waals surface area contributed by atoms with Crippen LogP contribution < -0.4 is 5.32 Å². The smallest absolute Gasteiger partial charge is 0.249 e. The highest BCUT2D eigenvalue weighted by molar-refractivity contribution is 8.07. The third kappa shape index (κ3) is 1.93. The highest BCUT2D eigenvalue weighted by Gasteiger charge is 2.33. The number of carbonyl (C=O) groups excluding carboxylic acids is 1. The first kappa shape index (κ1) is 10.4. The third-order valence-corrected chi connectivity index (χ3v) is 5.52. The quantitative estimate of drug-likeness (QED) is 0.734. The van der Waals surface area contributed by atoms with Gasteiger partial charge in [-0.05, 0) is 6.92 Å². The van der Waals surface area contributed by atoms with E-state index < -0.39 is 0 Å². The summed E-state index contributed by atoms with van der Waals surface area (Å²) in [6.45, 7) is 4.05. The van der Waals surface area contributed by atoms with Gasteiger partial charge in [0.2, 0.25) is 5.91 Å². The number of nitrogens with zero attached hydrogens (tertiary/aromatic N) is 1. The second kappa shape index (κ2) is 4.14. The van der Waals surface area contributed by atoms with Crippen molar-refractivity contribution >= 4 is 35.3 Å². The molecule has 0 radical (unpaired) electrons. The molecule has 3 atom stereocenters. The Balaban J connectivity index is 2.07. The summed E-state index contributed by atoms with van der Waals surface area (Å²) < 4.78 is 0. The summed E-state index contributed by atoms with van der Waals surface area (Å²) in [6, 6.07) is -0.190. The Kier molecular flexibility index (Phi) is 3.07. The summed E-state index contributed by atoms with van der Waals surface area (Å²) in [4.78, 5) is 15.7. The molecular formula is C9H14N2OS2. The van der Waals surface area contributed by atoms with Gasteiger partial charge >= 0.3 is 0 Å². The zero-order chi connectivity index (χ0) is 10.1. The minimum atomic E-state index is -0.190. The number of carbonyl (C=O) groups is 1. The van der Waals surface area contributed by atoms with Crippen LogP contribution in [0.25, 0.3) is 0 Å². The van der Waals surface area contributed by atoms with Gasteiger partial charge in [0.05, 0.1) is 5.25 Å². The first-order chi connectivity index (χ1) is 6.68. The molecule has 0 saturated carbocycles. The van der Waals surface area contributed by atoms with Crippen LogP contribution in [0.4, 0.5) is 0 Å². The minimum absolute atomic E-state index is 0.0448. The fourth-order valence-corrected chi connectivity index (χ4v) is 4.33. The Hall–Kier alpha value is -0.160. The van der Waals surface area contributed by atoms with E-state index in [0.29, 0.717) is 10.5 Å². The van der Waals surface area contributed by atoms with Crippen LogP contribution in [0.15, 0.2) is 4.99 Å². The van der Waals surface area contributed by atoms with Gasteiger partial charge in [-0.3, -0.25) is 9.79 Å². The van der Waals surface area contributed by atoms with Gasteiger partial charge < -0.3 is 5.32 Å². The summed E-state index contributed by atoms with van der Waals surface area (Å²) in [6.07, 6.45) is 0. The van der Waals surface area contributed by atoms with Gasteiger partial charge in [-0.15, -0.1) is 11.8 Å². The van der Waals surface area contributed by atoms with Crippen molar-refractivity contribution in [3.63, 3.8) is 0 Å². The second-order valence-electron chi connectivity index (χ2n) is 3.55. The summed E-state index contributed by atoms with van der Waals surface area (Å²) in [5.41, 5.74) is 0. The fraction of sp³-hybridized carbons (Fsp3) is 0.778. The van der Waals surface area contributed by atoms with Crippen LogP contribution in [-0.2, 0) is 4.79 Å². The van der Waals surface area contributed by atoms with Crippen molar-refractivity contribution in [3.05, 3.63) is 0 Å². The maximum Gasteiger partial charge on any atom is 0.249 e. The molecule has 1 fully saturated rings. The van der Waals surface area contributed by atoms with Crippen molar-refractivity contribution in [1.82, 2.24) is 5.32 Å². The lowest BCUT2D eigenvalue weighted by Crippen LogP contribution is -2.39. The molecule has 0 aromatic heterocycles. The fourth-order valence-electron chi connectivity index (χ4n) is 1.61. The van der Waals surface area contributed by atoms with E-state index in [9.17, 15) is 4.79 Å². The number of hydrogen-bond acceptors (Lipinski definition) is 4. The van der Waals surface area contributed by atoms with E-state index in [0.717, 1.165) is 11.6 Å². The molecule has 0 spiro atoms. The number of amidine groups is 1. The molecule has 2 aliphatic rings. The molecule has 1 saturated heterocycles. The Labute approximate surface area is 92.5 Å². The lowest BCUT2D eigenvalue weighted by molar-refractivity contribution is -0.119. The summed E-state index contributed by atoms with van der Waals surface area (Å²) in [7, 11) is 0. The maximum atomic E-state index is 11.3. The van der Waals surface area contributed by atoms with Crippen molar-refractivity contribution in [1.29, 1.82) is 0 Å². The lowest BCUT2D eigenvalue weighted by atomic mass is 10.3. The van der Waals surface area contributed by atoms with Crippen LogP contribution in [0.2, 0.25) is 0 Å². The molecule has 5 heteroatoms. The molecule has 0 aromatic rings. The van der Waals surface area contributed by atoms with Gasteiger partial charge in [0.15, 0.2) is 0 Å². The number of amides is 1. The average molecular weight is 230 g/mol. The molecule has 2 rings (SSSR count). The summed E-state index contributed by atoms with van der Waals surface area (Å²) >= 11 is 3.87. The van der Waals surface area contributed by atoms with E-state index in [-0.39, 0.29) is 11.9 Å². The van der Waals surface area contributed by atoms with E-state index >= 15 is 0 Å². The lowest BCUT2D eigenvalue weighted by Gasteiger charge is -2.27. The molecule has 0 aromatic carbocycles. The molecule has 1 amide bonds. The molecular weight excluding hydrogens is 216 g/mol. The minimum Gasteiger partial charge on any atom is -0.312 e. The SMILES string of the molecule is CC1N=C(C2SCCSC2C)NC1=O. The third-order valence-electron chi connectivity index (χ3n) is 2.42. The summed E-state index contributed by atoms with van der Waals surface area (Å²) in [5.74, 6) is 3.30. The second-order valence-corrected chi connectivity index (χ2v) is 6.28. The highest BCUT2D eigenvalue weighted by atomic mass is 32.2. The molecule has 2 heterocycles. The number of hydrogen-bond donors (Lipinski definition) is 1. The number of nitrogens with one attached hydrogen (secondary N) is 1. The molecule has 14 heavy (non-hydrogen) atoms. The summed E-state index contributed by atoms with van der Waals surface area (Å²) in [5, 5.41) is 3.81. The Morgan fingerprint density at radius 2 is 2.07 bits per heavy atom. The first-order valence-corrected chi connectivity index (χ1v) is 6.90. The van der Waals surface area contributed by atoms with Crippen molar-refractivity contribution in [3.8, 4) is 0 Å². The molecule has 0 aliphatic carbocycles. The molecule has 3 nitrogen and oxygen atoms in total. The molecule has 78 valence electrons. The molecule has 2 aliphatic heterocycles. The van der Waals surface area contributed by atoms with Gasteiger partial charge in [0.1, 0.15) is 11.9 Å². The zero-order valence-corrected chi connectivity index (χ0v) is 9.95. The van der Waals surface area contributed by atoms with Gasteiger partial charge in [-0.25, -0.2) is 0 Å².